The third kappa shape index (κ3) is 3.78. The van der Waals surface area contributed by atoms with Gasteiger partial charge in [0, 0.05) is 12.7 Å². The Hall–Kier alpha value is -3.15. The minimum atomic E-state index is -0.263. The number of allylic oxidation sites excluding steroid dienone is 2. The van der Waals surface area contributed by atoms with Gasteiger partial charge in [0.05, 0.1) is 11.0 Å². The van der Waals surface area contributed by atoms with E-state index in [1.807, 2.05) is 36.7 Å². The standard InChI is InChI=1S/C18H21N5O/c1-5-8-16(19-4)22-17(6-2)23-12-20-14-10-9-13(11-15(14)23)21-18(24)7-3/h6-12,19H,2-3,5H2,1,4H3,(H,21,24)/b16-8-,22-17+. The molecule has 1 heterocycles. The number of anilines is 1. The van der Waals surface area contributed by atoms with Crippen molar-refractivity contribution in [1.82, 2.24) is 14.9 Å². The number of amides is 1. The van der Waals surface area contributed by atoms with Crippen LogP contribution in [0.4, 0.5) is 5.69 Å². The van der Waals surface area contributed by atoms with Gasteiger partial charge >= 0.3 is 0 Å². The van der Waals surface area contributed by atoms with Crippen molar-refractivity contribution in [2.45, 2.75) is 13.3 Å². The highest BCUT2D eigenvalue weighted by Crippen LogP contribution is 2.19. The summed E-state index contributed by atoms with van der Waals surface area (Å²) >= 11 is 0. The molecule has 2 N–H and O–H groups in total. The lowest BCUT2D eigenvalue weighted by molar-refractivity contribution is -0.111. The van der Waals surface area contributed by atoms with E-state index < -0.39 is 0 Å². The highest BCUT2D eigenvalue weighted by Gasteiger charge is 2.08. The lowest BCUT2D eigenvalue weighted by atomic mass is 10.2. The van der Waals surface area contributed by atoms with E-state index in [4.69, 9.17) is 0 Å². The molecule has 0 bridgehead atoms. The third-order valence-corrected chi connectivity index (χ3v) is 3.32. The molecule has 0 aliphatic rings. The minimum Gasteiger partial charge on any atom is -0.373 e. The number of rotatable bonds is 6. The second kappa shape index (κ2) is 7.92. The Balaban J connectivity index is 2.50. The van der Waals surface area contributed by atoms with Crippen molar-refractivity contribution >= 4 is 28.5 Å². The maximum atomic E-state index is 11.5. The maximum Gasteiger partial charge on any atom is 0.247 e. The Morgan fingerprint density at radius 2 is 2.17 bits per heavy atom. The molecule has 0 fully saturated rings. The van der Waals surface area contributed by atoms with Crippen molar-refractivity contribution in [3.63, 3.8) is 0 Å². The zero-order chi connectivity index (χ0) is 17.5. The van der Waals surface area contributed by atoms with Gasteiger partial charge in [0.25, 0.3) is 0 Å². The molecule has 0 atom stereocenters. The van der Waals surface area contributed by atoms with Gasteiger partial charge in [-0.2, -0.15) is 0 Å². The Bertz CT molecular complexity index is 829. The fourth-order valence-electron chi connectivity index (χ4n) is 2.18. The topological polar surface area (TPSA) is 71.3 Å². The SMILES string of the molecule is C=CC(=O)Nc1ccc2ncn(/C(C=C)=N/C(=C\CC)NC)c2c1. The van der Waals surface area contributed by atoms with Gasteiger partial charge in [0.2, 0.25) is 5.91 Å². The van der Waals surface area contributed by atoms with Crippen LogP contribution < -0.4 is 10.6 Å². The molecule has 24 heavy (non-hydrogen) atoms. The summed E-state index contributed by atoms with van der Waals surface area (Å²) in [6.07, 6.45) is 7.43. The monoisotopic (exact) mass is 323 g/mol. The molecule has 124 valence electrons. The average molecular weight is 323 g/mol. The lowest BCUT2D eigenvalue weighted by Gasteiger charge is -2.08. The molecular weight excluding hydrogens is 302 g/mol. The van der Waals surface area contributed by atoms with Gasteiger partial charge in [-0.05, 0) is 42.8 Å². The average Bonchev–Trinajstić information content (AvgIpc) is 3.01. The van der Waals surface area contributed by atoms with Crippen LogP contribution in [-0.4, -0.2) is 28.3 Å². The summed E-state index contributed by atoms with van der Waals surface area (Å²) in [5.41, 5.74) is 2.28. The quantitative estimate of drug-likeness (QED) is 0.487. The summed E-state index contributed by atoms with van der Waals surface area (Å²) in [4.78, 5) is 20.4. The fraction of sp³-hybridized carbons (Fsp3) is 0.167. The number of aliphatic imine (C=N–C) groups is 1. The van der Waals surface area contributed by atoms with Crippen molar-refractivity contribution in [2.75, 3.05) is 12.4 Å². The number of nitrogens with one attached hydrogen (secondary N) is 2. The summed E-state index contributed by atoms with van der Waals surface area (Å²) in [6.45, 7) is 9.33. The Labute approximate surface area is 141 Å². The molecule has 0 radical (unpaired) electrons. The largest absolute Gasteiger partial charge is 0.373 e. The van der Waals surface area contributed by atoms with E-state index >= 15 is 0 Å². The number of benzene rings is 1. The van der Waals surface area contributed by atoms with Crippen LogP contribution in [0.3, 0.4) is 0 Å². The van der Waals surface area contributed by atoms with E-state index in [0.29, 0.717) is 11.5 Å². The number of hydrogen-bond donors (Lipinski definition) is 2. The first-order valence-electron chi connectivity index (χ1n) is 7.62. The zero-order valence-electron chi connectivity index (χ0n) is 13.9. The summed E-state index contributed by atoms with van der Waals surface area (Å²) in [6, 6.07) is 5.47. The van der Waals surface area contributed by atoms with E-state index in [0.717, 1.165) is 23.3 Å². The van der Waals surface area contributed by atoms with E-state index in [1.54, 1.807) is 18.5 Å². The predicted molar refractivity (Wildman–Crippen MR) is 99.0 cm³/mol. The molecule has 0 aliphatic heterocycles. The van der Waals surface area contributed by atoms with Crippen LogP contribution in [0.2, 0.25) is 0 Å². The van der Waals surface area contributed by atoms with Crippen molar-refractivity contribution in [1.29, 1.82) is 0 Å². The molecule has 0 saturated heterocycles. The minimum absolute atomic E-state index is 0.263. The first kappa shape index (κ1) is 17.2. The molecule has 2 rings (SSSR count). The van der Waals surface area contributed by atoms with Gasteiger partial charge in [-0.15, -0.1) is 0 Å². The number of fused-ring (bicyclic) bond motifs is 1. The van der Waals surface area contributed by atoms with Crippen LogP contribution in [0.15, 0.2) is 66.7 Å². The number of aromatic nitrogens is 2. The zero-order valence-corrected chi connectivity index (χ0v) is 13.9. The van der Waals surface area contributed by atoms with Crippen LogP contribution in [0, 0.1) is 0 Å². The molecule has 2 aromatic rings. The van der Waals surface area contributed by atoms with E-state index in [1.165, 1.54) is 6.08 Å². The van der Waals surface area contributed by atoms with E-state index in [9.17, 15) is 4.79 Å². The maximum absolute atomic E-state index is 11.5. The highest BCUT2D eigenvalue weighted by atomic mass is 16.1. The first-order valence-corrected chi connectivity index (χ1v) is 7.62. The van der Waals surface area contributed by atoms with Gasteiger partial charge < -0.3 is 10.6 Å². The smallest absolute Gasteiger partial charge is 0.247 e. The van der Waals surface area contributed by atoms with Gasteiger partial charge in [-0.1, -0.05) is 20.1 Å². The number of hydrogen-bond acceptors (Lipinski definition) is 4. The summed E-state index contributed by atoms with van der Waals surface area (Å²) in [5, 5.41) is 5.79. The molecule has 0 saturated carbocycles. The second-order valence-electron chi connectivity index (χ2n) is 4.93. The van der Waals surface area contributed by atoms with Crippen molar-refractivity contribution in [2.24, 2.45) is 4.99 Å². The normalized spacial score (nSPS) is 12.1. The van der Waals surface area contributed by atoms with Gasteiger partial charge in [0.1, 0.15) is 18.0 Å². The molecule has 0 aliphatic carbocycles. The first-order chi connectivity index (χ1) is 11.6. The molecule has 0 unspecified atom stereocenters. The number of nitrogens with zero attached hydrogens (tertiary/aromatic N) is 3. The van der Waals surface area contributed by atoms with Crippen LogP contribution in [-0.2, 0) is 4.79 Å². The molecule has 6 nitrogen and oxygen atoms in total. The molecule has 1 aromatic heterocycles. The Morgan fingerprint density at radius 1 is 1.38 bits per heavy atom. The van der Waals surface area contributed by atoms with Crippen molar-refractivity contribution in [3.05, 3.63) is 61.7 Å². The molecule has 1 aromatic carbocycles. The Kier molecular flexibility index (Phi) is 5.68. The van der Waals surface area contributed by atoms with Crippen LogP contribution >= 0.6 is 0 Å². The molecular formula is C18H21N5O. The summed E-state index contributed by atoms with van der Waals surface area (Å²) in [7, 11) is 1.82. The highest BCUT2D eigenvalue weighted by molar-refractivity contribution is 6.03. The van der Waals surface area contributed by atoms with Crippen molar-refractivity contribution < 1.29 is 4.79 Å². The van der Waals surface area contributed by atoms with Gasteiger partial charge in [-0.25, -0.2) is 9.98 Å². The van der Waals surface area contributed by atoms with Gasteiger partial charge in [-0.3, -0.25) is 9.36 Å². The second-order valence-corrected chi connectivity index (χ2v) is 4.93. The lowest BCUT2D eigenvalue weighted by Crippen LogP contribution is -2.12. The number of imidazole rings is 1. The van der Waals surface area contributed by atoms with Crippen LogP contribution in [0.25, 0.3) is 11.0 Å². The van der Waals surface area contributed by atoms with E-state index in [-0.39, 0.29) is 5.91 Å². The third-order valence-electron chi connectivity index (χ3n) is 3.32. The summed E-state index contributed by atoms with van der Waals surface area (Å²) in [5.74, 6) is 1.13. The van der Waals surface area contributed by atoms with E-state index in [2.05, 4.69) is 33.8 Å². The molecule has 1 amide bonds. The van der Waals surface area contributed by atoms with Crippen LogP contribution in [0.1, 0.15) is 13.3 Å². The molecule has 6 heteroatoms. The summed E-state index contributed by atoms with van der Waals surface area (Å²) < 4.78 is 1.83. The fourth-order valence-corrected chi connectivity index (χ4v) is 2.18. The number of carbonyl (C=O) groups is 1. The van der Waals surface area contributed by atoms with Gasteiger partial charge in [0.15, 0.2) is 0 Å². The molecule has 0 spiro atoms. The van der Waals surface area contributed by atoms with Crippen molar-refractivity contribution in [3.8, 4) is 0 Å². The Morgan fingerprint density at radius 3 is 2.79 bits per heavy atom. The predicted octanol–water partition coefficient (Wildman–Crippen LogP) is 3.06. The van der Waals surface area contributed by atoms with Crippen LogP contribution in [0.5, 0.6) is 0 Å². The number of carbonyl (C=O) groups excluding carboxylic acids is 1.